The second kappa shape index (κ2) is 12.5. The molecule has 1 aromatic rings. The van der Waals surface area contributed by atoms with Crippen LogP contribution in [-0.2, 0) is 22.5 Å². The van der Waals surface area contributed by atoms with Gasteiger partial charge in [-0.25, -0.2) is 0 Å². The Labute approximate surface area is 157 Å². The Morgan fingerprint density at radius 3 is 2.31 bits per heavy atom. The smallest absolute Gasteiger partial charge is 0.188 e. The van der Waals surface area contributed by atoms with Gasteiger partial charge in [0, 0.05) is 25.8 Å². The van der Waals surface area contributed by atoms with E-state index in [1.165, 1.54) is 11.1 Å². The van der Waals surface area contributed by atoms with Crippen molar-refractivity contribution in [3.63, 3.8) is 0 Å². The van der Waals surface area contributed by atoms with Gasteiger partial charge in [0.25, 0.3) is 0 Å². The normalized spacial score (nSPS) is 11.4. The molecule has 146 valence electrons. The van der Waals surface area contributed by atoms with E-state index < -0.39 is 0 Å². The number of aliphatic hydroxyl groups is 1. The van der Waals surface area contributed by atoms with Crippen LogP contribution in [-0.4, -0.2) is 32.9 Å². The van der Waals surface area contributed by atoms with Crippen LogP contribution in [0.1, 0.15) is 44.7 Å². The topological polar surface area (TPSA) is 57.2 Å². The molecule has 0 aromatic heterocycles. The summed E-state index contributed by atoms with van der Waals surface area (Å²) in [6.07, 6.45) is 7.16. The lowest BCUT2D eigenvalue weighted by atomic mass is 10.0. The maximum absolute atomic E-state index is 9.78. The van der Waals surface area contributed by atoms with Crippen LogP contribution in [0.15, 0.2) is 35.4 Å². The first-order chi connectivity index (χ1) is 12.5. The van der Waals surface area contributed by atoms with Gasteiger partial charge in [-0.3, -0.25) is 0 Å². The first-order valence-electron chi connectivity index (χ1n) is 8.80. The van der Waals surface area contributed by atoms with Gasteiger partial charge in [-0.2, -0.15) is 0 Å². The summed E-state index contributed by atoms with van der Waals surface area (Å²) in [4.78, 5) is 0. The van der Waals surface area contributed by atoms with Crippen molar-refractivity contribution >= 4 is 0 Å². The highest BCUT2D eigenvalue weighted by atomic mass is 16.7. The minimum absolute atomic E-state index is 0.0898. The van der Waals surface area contributed by atoms with Crippen LogP contribution in [0.2, 0.25) is 0 Å². The van der Waals surface area contributed by atoms with E-state index >= 15 is 0 Å². The van der Waals surface area contributed by atoms with Gasteiger partial charge in [0.1, 0.15) is 11.5 Å². The summed E-state index contributed by atoms with van der Waals surface area (Å²) >= 11 is 0. The largest absolute Gasteiger partial charge is 0.467 e. The molecule has 0 radical (unpaired) electrons. The number of aliphatic hydroxyl groups excluding tert-OH is 1. The van der Waals surface area contributed by atoms with Crippen molar-refractivity contribution in [1.82, 2.24) is 0 Å². The van der Waals surface area contributed by atoms with Crippen LogP contribution in [0, 0.1) is 0 Å². The minimum atomic E-state index is -0.0898. The molecule has 0 aliphatic heterocycles. The van der Waals surface area contributed by atoms with Crippen LogP contribution in [0.5, 0.6) is 11.5 Å². The van der Waals surface area contributed by atoms with E-state index in [1.54, 1.807) is 20.3 Å². The monoisotopic (exact) mass is 364 g/mol. The molecule has 0 atom stereocenters. The highest BCUT2D eigenvalue weighted by Gasteiger charge is 2.12. The number of ether oxygens (including phenoxy) is 4. The van der Waals surface area contributed by atoms with E-state index in [2.05, 4.69) is 32.9 Å². The highest BCUT2D eigenvalue weighted by Crippen LogP contribution is 2.30. The Balaban J connectivity index is 2.99. The second-order valence-corrected chi connectivity index (χ2v) is 6.39. The van der Waals surface area contributed by atoms with Crippen molar-refractivity contribution in [3.05, 3.63) is 46.6 Å². The molecular formula is C21H32O5. The third kappa shape index (κ3) is 8.04. The molecule has 1 N–H and O–H groups in total. The lowest BCUT2D eigenvalue weighted by Gasteiger charge is -2.16. The summed E-state index contributed by atoms with van der Waals surface area (Å²) in [5, 5.41) is 9.78. The molecule has 0 unspecified atom stereocenters. The predicted molar refractivity (Wildman–Crippen MR) is 103 cm³/mol. The zero-order valence-corrected chi connectivity index (χ0v) is 16.6. The summed E-state index contributed by atoms with van der Waals surface area (Å²) in [5.74, 6) is 1.24. The maximum Gasteiger partial charge on any atom is 0.188 e. The van der Waals surface area contributed by atoms with Gasteiger partial charge in [-0.15, -0.1) is 0 Å². The molecule has 1 aromatic carbocycles. The third-order valence-corrected chi connectivity index (χ3v) is 3.87. The number of benzene rings is 1. The molecule has 5 nitrogen and oxygen atoms in total. The van der Waals surface area contributed by atoms with Crippen molar-refractivity contribution in [3.8, 4) is 11.5 Å². The fourth-order valence-electron chi connectivity index (χ4n) is 2.48. The van der Waals surface area contributed by atoms with E-state index in [4.69, 9.17) is 18.9 Å². The number of rotatable bonds is 12. The molecule has 0 heterocycles. The van der Waals surface area contributed by atoms with Crippen molar-refractivity contribution in [2.24, 2.45) is 0 Å². The number of allylic oxidation sites excluding steroid dienone is 4. The molecule has 0 saturated heterocycles. The summed E-state index contributed by atoms with van der Waals surface area (Å²) in [7, 11) is 3.14. The molecule has 0 amide bonds. The van der Waals surface area contributed by atoms with Gasteiger partial charge >= 0.3 is 0 Å². The quantitative estimate of drug-likeness (QED) is 0.441. The van der Waals surface area contributed by atoms with E-state index in [9.17, 15) is 5.11 Å². The second-order valence-electron chi connectivity index (χ2n) is 6.39. The molecule has 0 saturated carbocycles. The average molecular weight is 364 g/mol. The zero-order valence-electron chi connectivity index (χ0n) is 16.6. The molecule has 26 heavy (non-hydrogen) atoms. The fraction of sp³-hybridized carbons (Fsp3) is 0.524. The molecular weight excluding hydrogens is 332 g/mol. The Morgan fingerprint density at radius 1 is 1.00 bits per heavy atom. The molecule has 0 aliphatic rings. The lowest BCUT2D eigenvalue weighted by Crippen LogP contribution is -2.06. The molecule has 0 fully saturated rings. The molecule has 0 aliphatic carbocycles. The van der Waals surface area contributed by atoms with Crippen molar-refractivity contribution < 1.29 is 24.1 Å². The van der Waals surface area contributed by atoms with Gasteiger partial charge in [-0.1, -0.05) is 23.3 Å². The van der Waals surface area contributed by atoms with Crippen molar-refractivity contribution in [1.29, 1.82) is 0 Å². The molecule has 0 bridgehead atoms. The van der Waals surface area contributed by atoms with Gasteiger partial charge in [-0.05, 0) is 51.7 Å². The molecule has 0 spiro atoms. The molecule has 1 rings (SSSR count). The van der Waals surface area contributed by atoms with E-state index in [0.717, 1.165) is 24.0 Å². The maximum atomic E-state index is 9.78. The first kappa shape index (κ1) is 22.2. The van der Waals surface area contributed by atoms with Crippen LogP contribution in [0.4, 0.5) is 0 Å². The van der Waals surface area contributed by atoms with Crippen LogP contribution in [0.3, 0.4) is 0 Å². The van der Waals surface area contributed by atoms with Gasteiger partial charge in [0.2, 0.25) is 0 Å². The Kier molecular flexibility index (Phi) is 10.7. The predicted octanol–water partition coefficient (Wildman–Crippen LogP) is 4.38. The molecule has 5 heteroatoms. The van der Waals surface area contributed by atoms with E-state index in [0.29, 0.717) is 17.9 Å². The minimum Gasteiger partial charge on any atom is -0.467 e. The standard InChI is InChI=1S/C21H32O5/c1-16(2)7-6-8-17(3)9-10-20-18(13-22)11-19(25-14-23-4)12-21(20)26-15-24-5/h7,9,11-12,22H,6,8,10,13-15H2,1-5H3/b17-9+. The van der Waals surface area contributed by atoms with Gasteiger partial charge in [0.05, 0.1) is 6.61 Å². The lowest BCUT2D eigenvalue weighted by molar-refractivity contribution is 0.0453. The summed E-state index contributed by atoms with van der Waals surface area (Å²) < 4.78 is 21.2. The summed E-state index contributed by atoms with van der Waals surface area (Å²) in [5.41, 5.74) is 4.36. The van der Waals surface area contributed by atoms with Gasteiger partial charge in [0.15, 0.2) is 13.6 Å². The first-order valence-corrected chi connectivity index (χ1v) is 8.80. The number of hydrogen-bond donors (Lipinski definition) is 1. The highest BCUT2D eigenvalue weighted by molar-refractivity contribution is 5.47. The Bertz CT molecular complexity index is 601. The zero-order chi connectivity index (χ0) is 19.4. The fourth-order valence-corrected chi connectivity index (χ4v) is 2.48. The van der Waals surface area contributed by atoms with Crippen LogP contribution in [0.25, 0.3) is 0 Å². The van der Waals surface area contributed by atoms with E-state index in [-0.39, 0.29) is 20.2 Å². The number of methoxy groups -OCH3 is 2. The SMILES string of the molecule is COCOc1cc(CO)c(C/C=C(\C)CCC=C(C)C)c(OCOC)c1. The average Bonchev–Trinajstić information content (AvgIpc) is 2.62. The van der Waals surface area contributed by atoms with Crippen molar-refractivity contribution in [2.75, 3.05) is 27.8 Å². The van der Waals surface area contributed by atoms with Crippen molar-refractivity contribution in [2.45, 2.75) is 46.6 Å². The third-order valence-electron chi connectivity index (χ3n) is 3.87. The van der Waals surface area contributed by atoms with E-state index in [1.807, 2.05) is 6.07 Å². The number of hydrogen-bond acceptors (Lipinski definition) is 5. The summed E-state index contributed by atoms with van der Waals surface area (Å²) in [6.45, 7) is 6.53. The van der Waals surface area contributed by atoms with Crippen LogP contribution < -0.4 is 9.47 Å². The van der Waals surface area contributed by atoms with Crippen LogP contribution >= 0.6 is 0 Å². The Hall–Kier alpha value is -1.82. The summed E-state index contributed by atoms with van der Waals surface area (Å²) in [6, 6.07) is 3.62. The van der Waals surface area contributed by atoms with Gasteiger partial charge < -0.3 is 24.1 Å². The Morgan fingerprint density at radius 2 is 1.69 bits per heavy atom.